The van der Waals surface area contributed by atoms with Gasteiger partial charge in [-0.25, -0.2) is 0 Å². The third-order valence-corrected chi connectivity index (χ3v) is 2.16. The molecule has 1 aromatic rings. The van der Waals surface area contributed by atoms with Gasteiger partial charge in [0, 0.05) is 11.6 Å². The lowest BCUT2D eigenvalue weighted by Gasteiger charge is -2.08. The van der Waals surface area contributed by atoms with E-state index in [1.54, 1.807) is 6.92 Å². The molecule has 0 radical (unpaired) electrons. The normalized spacial score (nSPS) is 9.47. The van der Waals surface area contributed by atoms with Crippen LogP contribution >= 0.6 is 0 Å². The number of phenols is 1. The molecule has 1 aromatic carbocycles. The highest BCUT2D eigenvalue weighted by Crippen LogP contribution is 2.27. The highest BCUT2D eigenvalue weighted by molar-refractivity contribution is 5.74. The molecule has 0 atom stereocenters. The smallest absolute Gasteiger partial charge is 0.310 e. The Balaban J connectivity index is 3.01. The zero-order valence-corrected chi connectivity index (χ0v) is 9.69. The Morgan fingerprint density at radius 2 is 2.24 bits per heavy atom. The van der Waals surface area contributed by atoms with E-state index in [9.17, 15) is 9.90 Å². The summed E-state index contributed by atoms with van der Waals surface area (Å²) in [6, 6.07) is 4.63. The number of carbonyl (C=O) groups is 1. The maximum Gasteiger partial charge on any atom is 0.310 e. The average molecular weight is 235 g/mol. The van der Waals surface area contributed by atoms with Crippen LogP contribution in [0.15, 0.2) is 12.1 Å². The monoisotopic (exact) mass is 235 g/mol. The Morgan fingerprint density at radius 3 is 2.76 bits per heavy atom. The minimum absolute atomic E-state index is 0.0538. The second kappa shape index (κ2) is 5.75. The molecule has 0 fully saturated rings. The third kappa shape index (κ3) is 3.11. The van der Waals surface area contributed by atoms with Crippen molar-refractivity contribution < 1.29 is 19.4 Å². The van der Waals surface area contributed by atoms with E-state index < -0.39 is 5.97 Å². The van der Waals surface area contributed by atoms with Gasteiger partial charge in [0.15, 0.2) is 0 Å². The number of nitriles is 1. The Morgan fingerprint density at radius 1 is 1.53 bits per heavy atom. The third-order valence-electron chi connectivity index (χ3n) is 2.16. The molecule has 0 aliphatic heterocycles. The molecule has 5 nitrogen and oxygen atoms in total. The number of phenolic OH excluding ortho intramolecular Hbond substituents is 1. The molecule has 0 bridgehead atoms. The van der Waals surface area contributed by atoms with Crippen LogP contribution in [0.25, 0.3) is 0 Å². The van der Waals surface area contributed by atoms with Crippen molar-refractivity contribution in [3.63, 3.8) is 0 Å². The van der Waals surface area contributed by atoms with Crippen LogP contribution in [0.1, 0.15) is 18.1 Å². The summed E-state index contributed by atoms with van der Waals surface area (Å²) in [6.45, 7) is 1.99. The summed E-state index contributed by atoms with van der Waals surface area (Å²) in [6.07, 6.45) is -0.0538. The van der Waals surface area contributed by atoms with Crippen molar-refractivity contribution in [3.8, 4) is 17.6 Å². The van der Waals surface area contributed by atoms with Gasteiger partial charge < -0.3 is 14.6 Å². The van der Waals surface area contributed by atoms with Gasteiger partial charge in [-0.3, -0.25) is 4.79 Å². The second-order valence-electron chi connectivity index (χ2n) is 3.27. The summed E-state index contributed by atoms with van der Waals surface area (Å²) in [7, 11) is 1.42. The molecule has 0 heterocycles. The molecule has 0 saturated heterocycles. The molecule has 1 N–H and O–H groups in total. The molecule has 0 aliphatic carbocycles. The van der Waals surface area contributed by atoms with Crippen molar-refractivity contribution in [2.24, 2.45) is 0 Å². The summed E-state index contributed by atoms with van der Waals surface area (Å²) in [5.41, 5.74) is 0.594. The van der Waals surface area contributed by atoms with E-state index >= 15 is 0 Å². The van der Waals surface area contributed by atoms with Crippen molar-refractivity contribution in [1.29, 1.82) is 5.26 Å². The molecule has 0 saturated carbocycles. The number of esters is 1. The van der Waals surface area contributed by atoms with Gasteiger partial charge in [0.1, 0.15) is 17.6 Å². The highest BCUT2D eigenvalue weighted by atomic mass is 16.5. The molecule has 0 aromatic heterocycles. The number of rotatable bonds is 4. The summed E-state index contributed by atoms with van der Waals surface area (Å²) in [5.74, 6) is -0.227. The van der Waals surface area contributed by atoms with Crippen LogP contribution in [0.3, 0.4) is 0 Å². The lowest BCUT2D eigenvalue weighted by Crippen LogP contribution is -2.08. The average Bonchev–Trinajstić information content (AvgIpc) is 2.31. The van der Waals surface area contributed by atoms with Crippen LogP contribution < -0.4 is 4.74 Å². The molecule has 0 unspecified atom stereocenters. The van der Waals surface area contributed by atoms with E-state index in [0.29, 0.717) is 11.3 Å². The molecule has 5 heteroatoms. The highest BCUT2D eigenvalue weighted by Gasteiger charge is 2.13. The number of carbonyl (C=O) groups excluding carboxylic acids is 1. The minimum atomic E-state index is -0.436. The van der Waals surface area contributed by atoms with Crippen molar-refractivity contribution in [2.75, 3.05) is 13.7 Å². The van der Waals surface area contributed by atoms with E-state index in [2.05, 4.69) is 0 Å². The van der Waals surface area contributed by atoms with Gasteiger partial charge in [0.25, 0.3) is 0 Å². The fourth-order valence-corrected chi connectivity index (χ4v) is 1.38. The lowest BCUT2D eigenvalue weighted by molar-refractivity contribution is -0.142. The van der Waals surface area contributed by atoms with Crippen LogP contribution in [0.4, 0.5) is 0 Å². The first-order valence-electron chi connectivity index (χ1n) is 5.08. The van der Waals surface area contributed by atoms with Crippen LogP contribution in [-0.2, 0) is 16.0 Å². The number of methoxy groups -OCH3 is 1. The Labute approximate surface area is 99.2 Å². The zero-order chi connectivity index (χ0) is 12.8. The predicted molar refractivity (Wildman–Crippen MR) is 59.7 cm³/mol. The van der Waals surface area contributed by atoms with Gasteiger partial charge in [0.2, 0.25) is 0 Å². The van der Waals surface area contributed by atoms with E-state index in [-0.39, 0.29) is 24.3 Å². The van der Waals surface area contributed by atoms with E-state index in [1.165, 1.54) is 19.2 Å². The van der Waals surface area contributed by atoms with Gasteiger partial charge in [-0.15, -0.1) is 0 Å². The number of nitrogens with zero attached hydrogens (tertiary/aromatic N) is 1. The first-order chi connectivity index (χ1) is 8.12. The fraction of sp³-hybridized carbons (Fsp3) is 0.333. The largest absolute Gasteiger partial charge is 0.508 e. The molecular weight excluding hydrogens is 222 g/mol. The molecular formula is C12H13NO4. The first-order valence-corrected chi connectivity index (χ1v) is 5.08. The maximum atomic E-state index is 11.3. The SMILES string of the molecule is CCOC(=O)Cc1cc(OC)c(C#N)cc1O. The van der Waals surface area contributed by atoms with Crippen molar-refractivity contribution in [2.45, 2.75) is 13.3 Å². The van der Waals surface area contributed by atoms with Crippen molar-refractivity contribution in [1.82, 2.24) is 0 Å². The molecule has 0 aliphatic rings. The standard InChI is InChI=1S/C12H13NO4/c1-3-17-12(15)6-8-5-11(16-2)9(7-13)4-10(8)14/h4-5,14H,3,6H2,1-2H3. The number of ether oxygens (including phenoxy) is 2. The van der Waals surface area contributed by atoms with Crippen LogP contribution in [0.5, 0.6) is 11.5 Å². The fourth-order valence-electron chi connectivity index (χ4n) is 1.38. The van der Waals surface area contributed by atoms with E-state index in [1.807, 2.05) is 6.07 Å². The van der Waals surface area contributed by atoms with Crippen molar-refractivity contribution >= 4 is 5.97 Å². The van der Waals surface area contributed by atoms with Gasteiger partial charge >= 0.3 is 5.97 Å². The number of hydrogen-bond acceptors (Lipinski definition) is 5. The maximum absolute atomic E-state index is 11.3. The summed E-state index contributed by atoms with van der Waals surface area (Å²) in [5, 5.41) is 18.4. The summed E-state index contributed by atoms with van der Waals surface area (Å²) in [4.78, 5) is 11.3. The van der Waals surface area contributed by atoms with Gasteiger partial charge in [-0.05, 0) is 13.0 Å². The van der Waals surface area contributed by atoms with E-state index in [0.717, 1.165) is 0 Å². The van der Waals surface area contributed by atoms with Gasteiger partial charge in [0.05, 0.1) is 25.7 Å². The molecule has 90 valence electrons. The molecule has 0 spiro atoms. The Kier molecular flexibility index (Phi) is 4.35. The Bertz CT molecular complexity index is 462. The van der Waals surface area contributed by atoms with Crippen LogP contribution in [0, 0.1) is 11.3 Å². The van der Waals surface area contributed by atoms with Crippen LogP contribution in [-0.4, -0.2) is 24.8 Å². The molecule has 1 rings (SSSR count). The molecule has 17 heavy (non-hydrogen) atoms. The second-order valence-corrected chi connectivity index (χ2v) is 3.27. The van der Waals surface area contributed by atoms with Crippen molar-refractivity contribution in [3.05, 3.63) is 23.3 Å². The first kappa shape index (κ1) is 12.8. The minimum Gasteiger partial charge on any atom is -0.508 e. The quantitative estimate of drug-likeness (QED) is 0.797. The van der Waals surface area contributed by atoms with Gasteiger partial charge in [-0.1, -0.05) is 0 Å². The predicted octanol–water partition coefficient (Wildman–Crippen LogP) is 1.38. The number of benzene rings is 1. The van der Waals surface area contributed by atoms with E-state index in [4.69, 9.17) is 14.7 Å². The van der Waals surface area contributed by atoms with Gasteiger partial charge in [-0.2, -0.15) is 5.26 Å². The Hall–Kier alpha value is -2.22. The lowest BCUT2D eigenvalue weighted by atomic mass is 10.1. The number of hydrogen-bond donors (Lipinski definition) is 1. The zero-order valence-electron chi connectivity index (χ0n) is 9.69. The van der Waals surface area contributed by atoms with Crippen LogP contribution in [0.2, 0.25) is 0 Å². The summed E-state index contributed by atoms with van der Waals surface area (Å²) >= 11 is 0. The molecule has 0 amide bonds. The summed E-state index contributed by atoms with van der Waals surface area (Å²) < 4.78 is 9.76. The topological polar surface area (TPSA) is 79.5 Å². The number of aromatic hydroxyl groups is 1.